The maximum Gasteiger partial charge on any atom is 0.239 e. The molecule has 1 aromatic carbocycles. The fraction of sp³-hybridized carbons (Fsp3) is 0.500. The summed E-state index contributed by atoms with van der Waals surface area (Å²) in [5.41, 5.74) is 0.256. The molecule has 118 valence electrons. The summed E-state index contributed by atoms with van der Waals surface area (Å²) < 4.78 is 31.8. The number of amides is 1. The van der Waals surface area contributed by atoms with Crippen LogP contribution in [0.3, 0.4) is 0 Å². The Hall–Kier alpha value is -1.24. The molecular formula is C14H19ClF2N2O2. The van der Waals surface area contributed by atoms with E-state index in [0.29, 0.717) is 13.2 Å². The summed E-state index contributed by atoms with van der Waals surface area (Å²) in [6, 6.07) is 2.90. The van der Waals surface area contributed by atoms with E-state index in [2.05, 4.69) is 10.6 Å². The summed E-state index contributed by atoms with van der Waals surface area (Å²) in [5.74, 6) is -1.13. The molecule has 1 heterocycles. The number of nitrogens with one attached hydrogen (secondary N) is 2. The quantitative estimate of drug-likeness (QED) is 0.882. The molecule has 0 aromatic heterocycles. The smallest absolute Gasteiger partial charge is 0.239 e. The van der Waals surface area contributed by atoms with E-state index in [1.807, 2.05) is 6.92 Å². The van der Waals surface area contributed by atoms with E-state index in [9.17, 15) is 13.6 Å². The van der Waals surface area contributed by atoms with Crippen LogP contribution in [0.1, 0.15) is 12.5 Å². The zero-order valence-electron chi connectivity index (χ0n) is 11.7. The molecule has 0 bridgehead atoms. The minimum Gasteiger partial charge on any atom is -0.375 e. The monoisotopic (exact) mass is 320 g/mol. The Kier molecular flexibility index (Phi) is 7.01. The van der Waals surface area contributed by atoms with Gasteiger partial charge in [-0.1, -0.05) is 0 Å². The van der Waals surface area contributed by atoms with Crippen molar-refractivity contribution in [1.29, 1.82) is 0 Å². The first-order valence-electron chi connectivity index (χ1n) is 6.64. The zero-order valence-corrected chi connectivity index (χ0v) is 12.5. The molecule has 2 atom stereocenters. The van der Waals surface area contributed by atoms with Crippen LogP contribution in [0.5, 0.6) is 0 Å². The van der Waals surface area contributed by atoms with Crippen molar-refractivity contribution < 1.29 is 18.3 Å². The third kappa shape index (κ3) is 4.91. The highest BCUT2D eigenvalue weighted by Gasteiger charge is 2.27. The topological polar surface area (TPSA) is 50.4 Å². The van der Waals surface area contributed by atoms with Crippen molar-refractivity contribution >= 4 is 18.3 Å². The van der Waals surface area contributed by atoms with Crippen molar-refractivity contribution in [3.63, 3.8) is 0 Å². The van der Waals surface area contributed by atoms with E-state index in [1.54, 1.807) is 0 Å². The van der Waals surface area contributed by atoms with Gasteiger partial charge in [0.1, 0.15) is 17.7 Å². The molecular weight excluding hydrogens is 302 g/mol. The van der Waals surface area contributed by atoms with Crippen LogP contribution in [0.25, 0.3) is 0 Å². The lowest BCUT2D eigenvalue weighted by molar-refractivity contribution is -0.128. The first-order chi connectivity index (χ1) is 9.58. The lowest BCUT2D eigenvalue weighted by atomic mass is 10.1. The Balaban J connectivity index is 0.00000220. The minimum atomic E-state index is -0.483. The molecule has 21 heavy (non-hydrogen) atoms. The third-order valence-corrected chi connectivity index (χ3v) is 3.30. The average molecular weight is 321 g/mol. The molecule has 4 nitrogen and oxygen atoms in total. The van der Waals surface area contributed by atoms with Gasteiger partial charge in [-0.25, -0.2) is 8.78 Å². The molecule has 1 aliphatic rings. The lowest BCUT2D eigenvalue weighted by Gasteiger charge is -2.29. The summed E-state index contributed by atoms with van der Waals surface area (Å²) in [7, 11) is 0. The number of hydrogen-bond acceptors (Lipinski definition) is 3. The third-order valence-electron chi connectivity index (χ3n) is 3.30. The molecule has 7 heteroatoms. The van der Waals surface area contributed by atoms with Gasteiger partial charge in [-0.3, -0.25) is 4.79 Å². The van der Waals surface area contributed by atoms with Gasteiger partial charge in [-0.05, 0) is 37.1 Å². The molecule has 2 rings (SSSR count). The van der Waals surface area contributed by atoms with Gasteiger partial charge in [0, 0.05) is 13.1 Å². The van der Waals surface area contributed by atoms with Crippen molar-refractivity contribution in [3.05, 3.63) is 35.4 Å². The normalized spacial score (nSPS) is 21.5. The van der Waals surface area contributed by atoms with Crippen LogP contribution < -0.4 is 10.6 Å². The number of benzene rings is 1. The highest BCUT2D eigenvalue weighted by molar-refractivity contribution is 5.85. The molecule has 1 saturated heterocycles. The second-order valence-electron chi connectivity index (χ2n) is 4.78. The van der Waals surface area contributed by atoms with E-state index >= 15 is 0 Å². The van der Waals surface area contributed by atoms with Gasteiger partial charge in [-0.2, -0.15) is 0 Å². The Morgan fingerprint density at radius 2 is 2.24 bits per heavy atom. The second-order valence-corrected chi connectivity index (χ2v) is 4.78. The van der Waals surface area contributed by atoms with E-state index < -0.39 is 17.7 Å². The molecule has 1 aromatic rings. The van der Waals surface area contributed by atoms with E-state index in [-0.39, 0.29) is 42.9 Å². The Labute approximate surface area is 128 Å². The van der Waals surface area contributed by atoms with E-state index in [0.717, 1.165) is 18.2 Å². The van der Waals surface area contributed by atoms with Crippen LogP contribution >= 0.6 is 12.4 Å². The Morgan fingerprint density at radius 1 is 1.48 bits per heavy atom. The second kappa shape index (κ2) is 8.26. The standard InChI is InChI=1S/C14H18F2N2O2.ClH/c1-9-13(17-6-7-20-9)14(19)18-5-4-10-8-11(15)2-3-12(10)16;/h2-3,8-9,13,17H,4-7H2,1H3,(H,18,19);1H/t9-,13+;/m1./s1. The van der Waals surface area contributed by atoms with Gasteiger partial charge < -0.3 is 15.4 Å². The number of carbonyl (C=O) groups excluding carboxylic acids is 1. The van der Waals surface area contributed by atoms with Gasteiger partial charge in [0.15, 0.2) is 0 Å². The predicted molar refractivity (Wildman–Crippen MR) is 77.5 cm³/mol. The van der Waals surface area contributed by atoms with Crippen molar-refractivity contribution in [2.24, 2.45) is 0 Å². The van der Waals surface area contributed by atoms with Crippen LogP contribution in [0, 0.1) is 11.6 Å². The fourth-order valence-electron chi connectivity index (χ4n) is 2.19. The summed E-state index contributed by atoms with van der Waals surface area (Å²) in [6.07, 6.45) is 0.0479. The first kappa shape index (κ1) is 17.8. The van der Waals surface area contributed by atoms with Crippen LogP contribution in [-0.4, -0.2) is 37.7 Å². The molecule has 1 aliphatic heterocycles. The minimum absolute atomic E-state index is 0. The van der Waals surface area contributed by atoms with Crippen molar-refractivity contribution in [2.75, 3.05) is 19.7 Å². The summed E-state index contributed by atoms with van der Waals surface area (Å²) >= 11 is 0. The Morgan fingerprint density at radius 3 is 2.95 bits per heavy atom. The SMILES string of the molecule is C[C@H]1OCCN[C@@H]1C(=O)NCCc1cc(F)ccc1F.Cl. The number of carbonyl (C=O) groups is 1. The Bertz CT molecular complexity index is 488. The molecule has 0 unspecified atom stereocenters. The number of morpholine rings is 1. The fourth-order valence-corrected chi connectivity index (χ4v) is 2.19. The molecule has 0 saturated carbocycles. The van der Waals surface area contributed by atoms with Gasteiger partial charge >= 0.3 is 0 Å². The molecule has 0 spiro atoms. The predicted octanol–water partition coefficient (Wildman–Crippen LogP) is 1.42. The highest BCUT2D eigenvalue weighted by atomic mass is 35.5. The van der Waals surface area contributed by atoms with Crippen LogP contribution in [0.4, 0.5) is 8.78 Å². The summed E-state index contributed by atoms with van der Waals surface area (Å²) in [6.45, 7) is 3.28. The van der Waals surface area contributed by atoms with Crippen LogP contribution in [0.15, 0.2) is 18.2 Å². The van der Waals surface area contributed by atoms with Gasteiger partial charge in [0.2, 0.25) is 5.91 Å². The zero-order chi connectivity index (χ0) is 14.5. The molecule has 0 aliphatic carbocycles. The van der Waals surface area contributed by atoms with Crippen LogP contribution in [-0.2, 0) is 16.0 Å². The number of rotatable bonds is 4. The van der Waals surface area contributed by atoms with Crippen LogP contribution in [0.2, 0.25) is 0 Å². The highest BCUT2D eigenvalue weighted by Crippen LogP contribution is 2.10. The van der Waals surface area contributed by atoms with E-state index in [4.69, 9.17) is 4.74 Å². The van der Waals surface area contributed by atoms with Crippen molar-refractivity contribution in [2.45, 2.75) is 25.5 Å². The largest absolute Gasteiger partial charge is 0.375 e. The molecule has 1 amide bonds. The summed E-state index contributed by atoms with van der Waals surface area (Å²) in [4.78, 5) is 11.9. The van der Waals surface area contributed by atoms with Crippen molar-refractivity contribution in [1.82, 2.24) is 10.6 Å². The number of hydrogen-bond donors (Lipinski definition) is 2. The lowest BCUT2D eigenvalue weighted by Crippen LogP contribution is -2.55. The van der Waals surface area contributed by atoms with Gasteiger partial charge in [0.25, 0.3) is 0 Å². The van der Waals surface area contributed by atoms with E-state index in [1.165, 1.54) is 0 Å². The van der Waals surface area contributed by atoms with Crippen molar-refractivity contribution in [3.8, 4) is 0 Å². The van der Waals surface area contributed by atoms with Gasteiger partial charge in [-0.15, -0.1) is 12.4 Å². The van der Waals surface area contributed by atoms with Gasteiger partial charge in [0.05, 0.1) is 12.7 Å². The number of halogens is 3. The maximum absolute atomic E-state index is 13.4. The molecule has 1 fully saturated rings. The molecule has 2 N–H and O–H groups in total. The average Bonchev–Trinajstić information content (AvgIpc) is 2.43. The summed E-state index contributed by atoms with van der Waals surface area (Å²) in [5, 5.41) is 5.77. The maximum atomic E-state index is 13.4. The molecule has 0 radical (unpaired) electrons. The number of ether oxygens (including phenoxy) is 1. The first-order valence-corrected chi connectivity index (χ1v) is 6.64.